The number of nitrogens with zero attached hydrogens (tertiary/aromatic N) is 7. The first-order chi connectivity index (χ1) is 24.7. The maximum Gasteiger partial charge on any atom is 0.352 e. The van der Waals surface area contributed by atoms with Crippen LogP contribution in [0.1, 0.15) is 29.8 Å². The zero-order chi connectivity index (χ0) is 35.6. The zero-order valence-corrected chi connectivity index (χ0v) is 29.2. The third kappa shape index (κ3) is 7.02. The van der Waals surface area contributed by atoms with E-state index in [1.54, 1.807) is 0 Å². The van der Waals surface area contributed by atoms with E-state index in [1.165, 1.54) is 23.8 Å². The van der Waals surface area contributed by atoms with Gasteiger partial charge >= 0.3 is 5.97 Å². The lowest BCUT2D eigenvalue weighted by Crippen LogP contribution is -2.71. The minimum Gasteiger partial charge on any atom is -0.477 e. The van der Waals surface area contributed by atoms with Crippen molar-refractivity contribution in [2.45, 2.75) is 43.4 Å². The number of carboxylic acid groups (broad SMARTS) is 1. The molecule has 51 heavy (non-hydrogen) atoms. The highest BCUT2D eigenvalue weighted by Gasteiger charge is 2.55. The van der Waals surface area contributed by atoms with Gasteiger partial charge in [0.05, 0.1) is 6.04 Å². The zero-order valence-electron chi connectivity index (χ0n) is 27.6. The van der Waals surface area contributed by atoms with Crippen LogP contribution in [0.3, 0.4) is 0 Å². The van der Waals surface area contributed by atoms with Crippen molar-refractivity contribution in [1.29, 1.82) is 0 Å². The average Bonchev–Trinajstić information content (AvgIpc) is 3.75. The molecule has 2 saturated heterocycles. The molecule has 1 aromatic carbocycles. The number of pyridine rings is 1. The minimum absolute atomic E-state index is 0.0402. The molecule has 4 aromatic rings. The number of nitrogens with one attached hydrogen (secondary N) is 2. The molecular formula is C33H36N11O5S2+. The highest BCUT2D eigenvalue weighted by atomic mass is 32.2. The van der Waals surface area contributed by atoms with Crippen LogP contribution in [0, 0.1) is 0 Å². The molecule has 264 valence electrons. The molecule has 0 spiro atoms. The number of benzene rings is 1. The monoisotopic (exact) mass is 730 g/mol. The molecule has 0 bridgehead atoms. The predicted octanol–water partition coefficient (Wildman–Crippen LogP) is 0.657. The van der Waals surface area contributed by atoms with Crippen LogP contribution in [-0.2, 0) is 32.3 Å². The van der Waals surface area contributed by atoms with Crippen molar-refractivity contribution in [3.05, 3.63) is 83.2 Å². The Morgan fingerprint density at radius 2 is 2.06 bits per heavy atom. The first-order valence-electron chi connectivity index (χ1n) is 16.2. The second-order valence-electron chi connectivity index (χ2n) is 12.3. The maximum atomic E-state index is 13.3. The van der Waals surface area contributed by atoms with Crippen LogP contribution in [0.25, 0.3) is 10.9 Å². The molecular weight excluding hydrogens is 695 g/mol. The van der Waals surface area contributed by atoms with Gasteiger partial charge in [0.25, 0.3) is 11.8 Å². The van der Waals surface area contributed by atoms with Crippen LogP contribution in [0.5, 0.6) is 0 Å². The predicted molar refractivity (Wildman–Crippen MR) is 192 cm³/mol. The smallest absolute Gasteiger partial charge is 0.352 e. The number of piperidine rings is 1. The van der Waals surface area contributed by atoms with Crippen molar-refractivity contribution in [2.75, 3.05) is 31.7 Å². The van der Waals surface area contributed by atoms with Crippen LogP contribution in [-0.4, -0.2) is 96.7 Å². The molecule has 2 fully saturated rings. The minimum atomic E-state index is -1.22. The van der Waals surface area contributed by atoms with E-state index >= 15 is 0 Å². The molecule has 7 N–H and O–H groups in total. The molecule has 3 aliphatic rings. The van der Waals surface area contributed by atoms with Gasteiger partial charge in [-0.2, -0.15) is 13.9 Å². The summed E-state index contributed by atoms with van der Waals surface area (Å²) in [5, 5.41) is 20.5. The maximum absolute atomic E-state index is 13.3. The van der Waals surface area contributed by atoms with E-state index in [-0.39, 0.29) is 35.0 Å². The molecule has 3 aromatic heterocycles. The van der Waals surface area contributed by atoms with Crippen LogP contribution < -0.4 is 26.7 Å². The molecule has 18 heteroatoms. The summed E-state index contributed by atoms with van der Waals surface area (Å²) < 4.78 is 8.04. The molecule has 1 unspecified atom stereocenters. The van der Waals surface area contributed by atoms with E-state index in [1.807, 2.05) is 47.4 Å². The van der Waals surface area contributed by atoms with Gasteiger partial charge in [0, 0.05) is 59.2 Å². The Balaban J connectivity index is 1.05. The summed E-state index contributed by atoms with van der Waals surface area (Å²) in [6.45, 7) is 2.75. The van der Waals surface area contributed by atoms with Crippen molar-refractivity contribution in [3.8, 4) is 0 Å². The van der Waals surface area contributed by atoms with Crippen LogP contribution >= 0.6 is 23.3 Å². The van der Waals surface area contributed by atoms with Gasteiger partial charge in [-0.1, -0.05) is 29.4 Å². The fourth-order valence-corrected chi connectivity index (χ4v) is 8.21. The lowest BCUT2D eigenvalue weighted by atomic mass is 10.0. The molecule has 3 atom stereocenters. The van der Waals surface area contributed by atoms with Crippen molar-refractivity contribution < 1.29 is 28.9 Å². The van der Waals surface area contributed by atoms with Crippen molar-refractivity contribution in [1.82, 2.24) is 29.5 Å². The molecule has 2 amide bonds. The number of anilines is 1. The number of amides is 2. The number of β-lactam (4-membered cyclic amide) rings is 1. The second kappa shape index (κ2) is 14.5. The number of carbonyl (C=O) groups is 3. The topological polar surface area (TPSA) is 219 Å². The van der Waals surface area contributed by atoms with Gasteiger partial charge in [-0.15, -0.1) is 11.8 Å². The van der Waals surface area contributed by atoms with E-state index in [2.05, 4.69) is 41.8 Å². The number of hydrogen-bond acceptors (Lipinski definition) is 12. The third-order valence-corrected chi connectivity index (χ3v) is 10.8. The molecule has 6 heterocycles. The quantitative estimate of drug-likeness (QED) is 0.0475. The summed E-state index contributed by atoms with van der Waals surface area (Å²) in [6, 6.07) is 11.3. The highest BCUT2D eigenvalue weighted by molar-refractivity contribution is 8.00. The number of carboxylic acids is 1. The third-order valence-electron chi connectivity index (χ3n) is 8.93. The number of aliphatic imine (C=N–C) groups is 1. The van der Waals surface area contributed by atoms with Gasteiger partial charge in [0.15, 0.2) is 24.1 Å². The molecule has 7 rings (SSSR count). The van der Waals surface area contributed by atoms with E-state index in [9.17, 15) is 19.5 Å². The number of aromatic nitrogens is 4. The number of amidine groups is 1. The fraction of sp³-hybridized carbons (Fsp3) is 0.333. The molecule has 16 nitrogen and oxygen atoms in total. The lowest BCUT2D eigenvalue weighted by molar-refractivity contribution is -0.687. The van der Waals surface area contributed by atoms with E-state index in [4.69, 9.17) is 21.3 Å². The summed E-state index contributed by atoms with van der Waals surface area (Å²) in [7, 11) is 1.26. The molecule has 3 aliphatic heterocycles. The van der Waals surface area contributed by atoms with E-state index in [0.717, 1.165) is 59.5 Å². The molecule has 0 aliphatic carbocycles. The van der Waals surface area contributed by atoms with Gasteiger partial charge in [-0.05, 0) is 31.0 Å². The summed E-state index contributed by atoms with van der Waals surface area (Å²) in [5.74, 6) is -1.65. The number of aliphatic carboxylic acids is 1. The molecule has 0 radical (unpaired) electrons. The van der Waals surface area contributed by atoms with Crippen LogP contribution in [0.4, 0.5) is 5.13 Å². The van der Waals surface area contributed by atoms with E-state index < -0.39 is 29.2 Å². The first kappa shape index (κ1) is 34.1. The van der Waals surface area contributed by atoms with Crippen LogP contribution in [0.15, 0.2) is 76.4 Å². The van der Waals surface area contributed by atoms with Gasteiger partial charge in [-0.3, -0.25) is 19.5 Å². The van der Waals surface area contributed by atoms with Gasteiger partial charge < -0.3 is 36.6 Å². The summed E-state index contributed by atoms with van der Waals surface area (Å²) in [6.07, 6.45) is 8.03. The normalized spacial score (nSPS) is 21.0. The number of nitrogen functional groups attached to an aromatic ring is 1. The van der Waals surface area contributed by atoms with Crippen molar-refractivity contribution >= 4 is 68.7 Å². The van der Waals surface area contributed by atoms with Gasteiger partial charge in [0.1, 0.15) is 35.6 Å². The van der Waals surface area contributed by atoms with Crippen LogP contribution in [0.2, 0.25) is 0 Å². The summed E-state index contributed by atoms with van der Waals surface area (Å²) in [5.41, 5.74) is 15.2. The Morgan fingerprint density at radius 1 is 1.24 bits per heavy atom. The number of nitrogens with two attached hydrogens (primary N) is 2. The average molecular weight is 731 g/mol. The van der Waals surface area contributed by atoms with Gasteiger partial charge in [-0.25, -0.2) is 4.79 Å². The first-order valence-corrected chi connectivity index (χ1v) is 18.0. The SMILES string of the molecule is CO/N=C(\C(=O)N[C@@H]1C(=O)N2C(C(=O)O)=C(C[n+]3ccc4ccn(Cc5ccc(C(N)=NC6CCCNC6)cc5)c4c3)CS[C@H]12)c1nsc(N)n1. The van der Waals surface area contributed by atoms with Crippen molar-refractivity contribution in [2.24, 2.45) is 15.9 Å². The number of oxime groups is 1. The Bertz CT molecular complexity index is 2090. The summed E-state index contributed by atoms with van der Waals surface area (Å²) in [4.78, 5) is 53.6. The Kier molecular flexibility index (Phi) is 9.70. The highest BCUT2D eigenvalue weighted by Crippen LogP contribution is 2.40. The molecule has 0 saturated carbocycles. The number of thioether (sulfide) groups is 1. The Morgan fingerprint density at radius 3 is 2.76 bits per heavy atom. The van der Waals surface area contributed by atoms with Crippen molar-refractivity contribution in [3.63, 3.8) is 0 Å². The number of fused-ring (bicyclic) bond motifs is 2. The number of hydrogen-bond donors (Lipinski definition) is 5. The summed E-state index contributed by atoms with van der Waals surface area (Å²) >= 11 is 2.26. The Hall–Kier alpha value is -5.33. The number of rotatable bonds is 11. The second-order valence-corrected chi connectivity index (χ2v) is 14.2. The lowest BCUT2D eigenvalue weighted by Gasteiger charge is -2.49. The fourth-order valence-electron chi connectivity index (χ4n) is 6.44. The standard InChI is InChI=1S/C33H35N11O5S2/c1-49-40-24(28-39-33(35)51-41-28)29(45)38-25-30(46)44-26(32(47)48)21(17-50-31(25)44)15-42-11-8-19-9-12-43(23(19)16-42)14-18-4-6-20(7-5-18)27(34)37-22-3-2-10-36-13-22/h4-9,11-12,16,22,25,31,36H,2-3,10,13-15,17H2,1H3,(H5-,34,35,37,38,39,41,45,47,48)/p+1/b40-24-/t22?,25-,31-/m1/s1. The van der Waals surface area contributed by atoms with E-state index in [0.29, 0.717) is 23.7 Å². The largest absolute Gasteiger partial charge is 0.477 e. The Labute approximate surface area is 300 Å². The number of carbonyl (C=O) groups excluding carboxylic acids is 2. The van der Waals surface area contributed by atoms with Gasteiger partial charge in [0.2, 0.25) is 11.5 Å².